The highest BCUT2D eigenvalue weighted by Crippen LogP contribution is 2.27. The van der Waals surface area contributed by atoms with Crippen LogP contribution in [-0.4, -0.2) is 51.5 Å². The predicted octanol–water partition coefficient (Wildman–Crippen LogP) is 0.292. The summed E-state index contributed by atoms with van der Waals surface area (Å²) in [6.45, 7) is -0.143. The van der Waals surface area contributed by atoms with Gasteiger partial charge in [-0.05, 0) is 17.5 Å². The first-order valence-electron chi connectivity index (χ1n) is 9.20. The summed E-state index contributed by atoms with van der Waals surface area (Å²) < 4.78 is 10.1. The summed E-state index contributed by atoms with van der Waals surface area (Å²) in [4.78, 5) is 35.6. The minimum Gasteiger partial charge on any atom is -0.480 e. The number of fused-ring (bicyclic) bond motifs is 1. The molecule has 9 heteroatoms. The Morgan fingerprint density at radius 1 is 0.967 bits per heavy atom. The van der Waals surface area contributed by atoms with Gasteiger partial charge in [0.2, 0.25) is 0 Å². The Balaban J connectivity index is 1.62. The number of benzene rings is 2. The molecule has 4 N–H and O–H groups in total. The van der Waals surface area contributed by atoms with Gasteiger partial charge >= 0.3 is 17.9 Å². The zero-order valence-electron chi connectivity index (χ0n) is 15.8. The highest BCUT2D eigenvalue weighted by molar-refractivity contribution is 5.85. The maximum absolute atomic E-state index is 12.3. The molecule has 1 heterocycles. The van der Waals surface area contributed by atoms with Gasteiger partial charge in [0.15, 0.2) is 18.4 Å². The van der Waals surface area contributed by atoms with Crippen molar-refractivity contribution in [1.29, 1.82) is 0 Å². The molecule has 158 valence electrons. The monoisotopic (exact) mass is 415 g/mol. The minimum atomic E-state index is -2.20. The van der Waals surface area contributed by atoms with E-state index in [1.165, 1.54) is 0 Å². The normalized spacial score (nSPS) is 19.8. The van der Waals surface area contributed by atoms with Crippen LogP contribution < -0.4 is 5.32 Å². The third-order valence-corrected chi connectivity index (χ3v) is 4.65. The standard InChI is InChI=1S/C21H21NO8/c23-16(20(27)29-11-12-6-2-1-3-7-12)17(24)21(28)30-18-14-9-5-4-8-13(14)10-15(22-18)19(25)26/h1-9,15-18,22-24H,10-11H2,(H,25,26). The third-order valence-electron chi connectivity index (χ3n) is 4.65. The fourth-order valence-electron chi connectivity index (χ4n) is 3.04. The molecule has 2 aromatic rings. The van der Waals surface area contributed by atoms with Crippen LogP contribution in [0.15, 0.2) is 54.6 Å². The topological polar surface area (TPSA) is 142 Å². The van der Waals surface area contributed by atoms with Crippen LogP contribution in [0, 0.1) is 0 Å². The molecule has 0 saturated heterocycles. The van der Waals surface area contributed by atoms with Crippen molar-refractivity contribution in [3.05, 3.63) is 71.3 Å². The zero-order chi connectivity index (χ0) is 21.7. The number of carbonyl (C=O) groups excluding carboxylic acids is 2. The Hall–Kier alpha value is -3.27. The summed E-state index contributed by atoms with van der Waals surface area (Å²) in [6, 6.07) is 14.4. The molecule has 4 atom stereocenters. The first-order valence-corrected chi connectivity index (χ1v) is 9.20. The van der Waals surface area contributed by atoms with Gasteiger partial charge in [-0.25, -0.2) is 9.59 Å². The lowest BCUT2D eigenvalue weighted by molar-refractivity contribution is -0.179. The molecule has 0 radical (unpaired) electrons. The van der Waals surface area contributed by atoms with E-state index in [0.717, 1.165) is 0 Å². The maximum Gasteiger partial charge on any atom is 0.340 e. The van der Waals surface area contributed by atoms with Crippen molar-refractivity contribution in [1.82, 2.24) is 5.32 Å². The Kier molecular flexibility index (Phi) is 6.78. The van der Waals surface area contributed by atoms with Crippen molar-refractivity contribution < 1.29 is 39.2 Å². The van der Waals surface area contributed by atoms with Crippen LogP contribution in [0.4, 0.5) is 0 Å². The van der Waals surface area contributed by atoms with Gasteiger partial charge in [0, 0.05) is 5.56 Å². The summed E-state index contributed by atoms with van der Waals surface area (Å²) >= 11 is 0. The molecule has 2 aromatic carbocycles. The van der Waals surface area contributed by atoms with E-state index in [1.54, 1.807) is 54.6 Å². The van der Waals surface area contributed by atoms with Crippen LogP contribution in [-0.2, 0) is 36.9 Å². The molecule has 3 rings (SSSR count). The Morgan fingerprint density at radius 3 is 2.30 bits per heavy atom. The van der Waals surface area contributed by atoms with E-state index in [9.17, 15) is 29.7 Å². The lowest BCUT2D eigenvalue weighted by Gasteiger charge is -2.31. The molecule has 0 bridgehead atoms. The lowest BCUT2D eigenvalue weighted by atomic mass is 9.94. The number of carboxylic acid groups (broad SMARTS) is 1. The number of aliphatic hydroxyl groups is 2. The van der Waals surface area contributed by atoms with E-state index in [0.29, 0.717) is 16.7 Å². The van der Waals surface area contributed by atoms with Crippen molar-refractivity contribution in [2.75, 3.05) is 0 Å². The van der Waals surface area contributed by atoms with Crippen LogP contribution in [0.25, 0.3) is 0 Å². The average Bonchev–Trinajstić information content (AvgIpc) is 2.76. The number of aliphatic carboxylic acids is 1. The van der Waals surface area contributed by atoms with Crippen LogP contribution in [0.5, 0.6) is 0 Å². The van der Waals surface area contributed by atoms with Gasteiger partial charge in [0.25, 0.3) is 0 Å². The Labute approximate surface area is 171 Å². The molecular formula is C21H21NO8. The number of aliphatic hydroxyl groups excluding tert-OH is 2. The molecule has 1 aliphatic heterocycles. The zero-order valence-corrected chi connectivity index (χ0v) is 15.8. The number of nitrogens with one attached hydrogen (secondary N) is 1. The number of rotatable bonds is 7. The second-order valence-corrected chi connectivity index (χ2v) is 6.76. The molecule has 0 amide bonds. The summed E-state index contributed by atoms with van der Waals surface area (Å²) in [5, 5.41) is 31.9. The minimum absolute atomic E-state index is 0.143. The Morgan fingerprint density at radius 2 is 1.60 bits per heavy atom. The smallest absolute Gasteiger partial charge is 0.340 e. The van der Waals surface area contributed by atoms with Gasteiger partial charge in [-0.2, -0.15) is 0 Å². The number of carbonyl (C=O) groups is 3. The van der Waals surface area contributed by atoms with Gasteiger partial charge in [-0.15, -0.1) is 0 Å². The molecule has 0 fully saturated rings. The molecule has 0 aromatic heterocycles. The van der Waals surface area contributed by atoms with E-state index in [-0.39, 0.29) is 13.0 Å². The van der Waals surface area contributed by atoms with Gasteiger partial charge in [-0.3, -0.25) is 10.1 Å². The first-order chi connectivity index (χ1) is 14.4. The van der Waals surface area contributed by atoms with E-state index in [1.807, 2.05) is 0 Å². The van der Waals surface area contributed by atoms with E-state index in [4.69, 9.17) is 9.47 Å². The van der Waals surface area contributed by atoms with Crippen LogP contribution in [0.2, 0.25) is 0 Å². The second-order valence-electron chi connectivity index (χ2n) is 6.76. The summed E-state index contributed by atoms with van der Waals surface area (Å²) in [7, 11) is 0. The molecule has 9 nitrogen and oxygen atoms in total. The number of hydrogen-bond acceptors (Lipinski definition) is 8. The fraction of sp³-hybridized carbons (Fsp3) is 0.286. The number of carboxylic acids is 1. The van der Waals surface area contributed by atoms with Gasteiger partial charge in [-0.1, -0.05) is 54.6 Å². The SMILES string of the molecule is O=C(O)C1Cc2ccccc2C(OC(=O)C(O)C(O)C(=O)OCc2ccccc2)N1. The Bertz CT molecular complexity index is 916. The molecule has 0 spiro atoms. The molecule has 30 heavy (non-hydrogen) atoms. The van der Waals surface area contributed by atoms with Gasteiger partial charge in [0.05, 0.1) is 0 Å². The first kappa shape index (κ1) is 21.4. The second kappa shape index (κ2) is 9.49. The lowest BCUT2D eigenvalue weighted by Crippen LogP contribution is -2.48. The average molecular weight is 415 g/mol. The summed E-state index contributed by atoms with van der Waals surface area (Å²) in [6.07, 6.45) is -5.33. The van der Waals surface area contributed by atoms with Gasteiger partial charge < -0.3 is 24.8 Å². The molecule has 0 aliphatic carbocycles. The number of ether oxygens (including phenoxy) is 2. The van der Waals surface area contributed by atoms with Crippen molar-refractivity contribution in [2.45, 2.75) is 37.5 Å². The molecule has 4 unspecified atom stereocenters. The van der Waals surface area contributed by atoms with E-state index < -0.39 is 42.4 Å². The highest BCUT2D eigenvalue weighted by atomic mass is 16.6. The van der Waals surface area contributed by atoms with Crippen molar-refractivity contribution in [2.24, 2.45) is 0 Å². The van der Waals surface area contributed by atoms with Crippen molar-refractivity contribution in [3.8, 4) is 0 Å². The largest absolute Gasteiger partial charge is 0.480 e. The van der Waals surface area contributed by atoms with Crippen LogP contribution in [0.1, 0.15) is 22.9 Å². The van der Waals surface area contributed by atoms with Crippen molar-refractivity contribution in [3.63, 3.8) is 0 Å². The predicted molar refractivity (Wildman–Crippen MR) is 102 cm³/mol. The quantitative estimate of drug-likeness (QED) is 0.469. The number of esters is 2. The van der Waals surface area contributed by atoms with E-state index >= 15 is 0 Å². The molecule has 1 aliphatic rings. The van der Waals surface area contributed by atoms with Crippen LogP contribution >= 0.6 is 0 Å². The molecular weight excluding hydrogens is 394 g/mol. The van der Waals surface area contributed by atoms with Crippen molar-refractivity contribution >= 4 is 17.9 Å². The summed E-state index contributed by atoms with van der Waals surface area (Å²) in [5.74, 6) is -3.61. The fourth-order valence-corrected chi connectivity index (χ4v) is 3.04. The molecule has 0 saturated carbocycles. The highest BCUT2D eigenvalue weighted by Gasteiger charge is 2.37. The third kappa shape index (κ3) is 5.01. The number of hydrogen-bond donors (Lipinski definition) is 4. The maximum atomic E-state index is 12.3. The van der Waals surface area contributed by atoms with Crippen LogP contribution in [0.3, 0.4) is 0 Å². The van der Waals surface area contributed by atoms with Gasteiger partial charge in [0.1, 0.15) is 12.6 Å². The van der Waals surface area contributed by atoms with E-state index in [2.05, 4.69) is 5.32 Å². The summed E-state index contributed by atoms with van der Waals surface area (Å²) in [5.41, 5.74) is 1.85.